The predicted octanol–water partition coefficient (Wildman–Crippen LogP) is 6.66. The standard InChI is InChI=1S/C25H26Cl2F5N5O2/c26-16-6-3-13(9-33)21(27)22(16)36-24-35-17-7-15(23(34)38)19(39-11-20(28)29)8-18(17)37(24)10-12-1-4-14(5-2-12)25(30,31)32/h3,6-8,12,14,20H,1-2,4-5,9-11,33H2,(H2,34,38)(H,35,36)/t12-,14-. The lowest BCUT2D eigenvalue weighted by Crippen LogP contribution is -2.29. The summed E-state index contributed by atoms with van der Waals surface area (Å²) in [7, 11) is 0. The molecular weight excluding hydrogens is 568 g/mol. The number of nitrogens with zero attached hydrogens (tertiary/aromatic N) is 2. The van der Waals surface area contributed by atoms with Crippen LogP contribution in [0.3, 0.4) is 0 Å². The van der Waals surface area contributed by atoms with Crippen molar-refractivity contribution in [2.45, 2.75) is 51.4 Å². The second-order valence-electron chi connectivity index (χ2n) is 9.43. The number of nitrogens with one attached hydrogen (secondary N) is 1. The van der Waals surface area contributed by atoms with E-state index < -0.39 is 31.0 Å². The number of anilines is 2. The molecule has 2 aromatic carbocycles. The fraction of sp³-hybridized carbons (Fsp3) is 0.440. The first kappa shape index (κ1) is 29.2. The van der Waals surface area contributed by atoms with Crippen molar-refractivity contribution in [2.24, 2.45) is 23.3 Å². The number of hydrogen-bond acceptors (Lipinski definition) is 5. The maximum Gasteiger partial charge on any atom is 0.391 e. The number of primary amides is 1. The van der Waals surface area contributed by atoms with Crippen LogP contribution in [0.4, 0.5) is 33.6 Å². The molecule has 0 saturated heterocycles. The van der Waals surface area contributed by atoms with Gasteiger partial charge in [0.05, 0.1) is 38.2 Å². The maximum absolute atomic E-state index is 13.2. The Balaban J connectivity index is 1.78. The Bertz CT molecular complexity index is 1360. The largest absolute Gasteiger partial charge is 0.487 e. The minimum atomic E-state index is -4.25. The normalized spacial score (nSPS) is 18.1. The van der Waals surface area contributed by atoms with Crippen LogP contribution in [0.1, 0.15) is 41.6 Å². The highest BCUT2D eigenvalue weighted by molar-refractivity contribution is 6.39. The van der Waals surface area contributed by atoms with Crippen molar-refractivity contribution in [3.63, 3.8) is 0 Å². The minimum absolute atomic E-state index is 0.00562. The SMILES string of the molecule is NCc1ccc(Cl)c(Nc2nc3cc(C(N)=O)c(OCC(F)F)cc3n2C[C@H]2CC[C@H](C(F)(F)F)CC2)c1Cl. The number of benzene rings is 2. The summed E-state index contributed by atoms with van der Waals surface area (Å²) >= 11 is 12.9. The molecule has 0 spiro atoms. The quantitative estimate of drug-likeness (QED) is 0.240. The lowest BCUT2D eigenvalue weighted by atomic mass is 9.81. The molecular formula is C25H26Cl2F5N5O2. The van der Waals surface area contributed by atoms with Crippen molar-refractivity contribution in [1.82, 2.24) is 9.55 Å². The van der Waals surface area contributed by atoms with Crippen LogP contribution >= 0.6 is 23.2 Å². The number of aromatic nitrogens is 2. The third kappa shape index (κ3) is 6.50. The van der Waals surface area contributed by atoms with E-state index in [1.54, 1.807) is 16.7 Å². The molecule has 0 radical (unpaired) electrons. The molecule has 1 aliphatic carbocycles. The van der Waals surface area contributed by atoms with E-state index >= 15 is 0 Å². The van der Waals surface area contributed by atoms with Crippen LogP contribution < -0.4 is 21.5 Å². The molecule has 1 heterocycles. The highest BCUT2D eigenvalue weighted by atomic mass is 35.5. The van der Waals surface area contributed by atoms with Gasteiger partial charge in [0.2, 0.25) is 5.95 Å². The molecule has 5 N–H and O–H groups in total. The molecule has 1 saturated carbocycles. The summed E-state index contributed by atoms with van der Waals surface area (Å²) in [5, 5.41) is 3.61. The van der Waals surface area contributed by atoms with Gasteiger partial charge in [-0.15, -0.1) is 0 Å². The van der Waals surface area contributed by atoms with Crippen molar-refractivity contribution in [3.8, 4) is 5.75 Å². The molecule has 4 rings (SSSR count). The number of carbonyl (C=O) groups is 1. The molecule has 1 aliphatic rings. The lowest BCUT2D eigenvalue weighted by molar-refractivity contribution is -0.184. The summed E-state index contributed by atoms with van der Waals surface area (Å²) in [5.41, 5.74) is 12.7. The molecule has 1 aromatic heterocycles. The van der Waals surface area contributed by atoms with Gasteiger partial charge in [0.15, 0.2) is 0 Å². The van der Waals surface area contributed by atoms with E-state index in [1.165, 1.54) is 12.1 Å². The number of alkyl halides is 5. The third-order valence-electron chi connectivity index (χ3n) is 6.86. The number of imidazole rings is 1. The zero-order valence-electron chi connectivity index (χ0n) is 20.5. The van der Waals surface area contributed by atoms with E-state index in [1.807, 2.05) is 0 Å². The van der Waals surface area contributed by atoms with Crippen LogP contribution in [-0.2, 0) is 13.1 Å². The van der Waals surface area contributed by atoms with Gasteiger partial charge >= 0.3 is 6.18 Å². The monoisotopic (exact) mass is 593 g/mol. The smallest absolute Gasteiger partial charge is 0.391 e. The number of halogens is 7. The van der Waals surface area contributed by atoms with E-state index in [0.717, 1.165) is 0 Å². The molecule has 0 atom stereocenters. The van der Waals surface area contributed by atoms with Crippen LogP contribution in [0.2, 0.25) is 10.0 Å². The van der Waals surface area contributed by atoms with E-state index in [0.29, 0.717) is 29.6 Å². The summed E-state index contributed by atoms with van der Waals surface area (Å²) in [6, 6.07) is 5.96. The Hall–Kier alpha value is -2.83. The minimum Gasteiger partial charge on any atom is -0.487 e. The maximum atomic E-state index is 13.2. The van der Waals surface area contributed by atoms with Crippen molar-refractivity contribution in [2.75, 3.05) is 11.9 Å². The number of carbonyl (C=O) groups excluding carboxylic acids is 1. The molecule has 1 amide bonds. The van der Waals surface area contributed by atoms with Crippen molar-refractivity contribution >= 4 is 51.8 Å². The van der Waals surface area contributed by atoms with Gasteiger partial charge in [-0.25, -0.2) is 13.8 Å². The second kappa shape index (κ2) is 11.7. The van der Waals surface area contributed by atoms with Gasteiger partial charge in [-0.2, -0.15) is 13.2 Å². The Labute approximate surface area is 230 Å². The van der Waals surface area contributed by atoms with Crippen LogP contribution in [0, 0.1) is 11.8 Å². The first-order valence-corrected chi connectivity index (χ1v) is 12.9. The Morgan fingerprint density at radius 1 is 1.18 bits per heavy atom. The van der Waals surface area contributed by atoms with E-state index in [9.17, 15) is 26.7 Å². The number of fused-ring (bicyclic) bond motifs is 1. The van der Waals surface area contributed by atoms with Gasteiger partial charge in [0, 0.05) is 19.2 Å². The number of hydrogen-bond donors (Lipinski definition) is 3. The van der Waals surface area contributed by atoms with Crippen molar-refractivity contribution in [1.29, 1.82) is 0 Å². The number of amides is 1. The molecule has 0 bridgehead atoms. The van der Waals surface area contributed by atoms with Gasteiger partial charge in [0.1, 0.15) is 12.4 Å². The Morgan fingerprint density at radius 3 is 2.46 bits per heavy atom. The highest BCUT2D eigenvalue weighted by Crippen LogP contribution is 2.42. The summed E-state index contributed by atoms with van der Waals surface area (Å²) in [6.07, 6.45) is -6.42. The fourth-order valence-corrected chi connectivity index (χ4v) is 5.35. The van der Waals surface area contributed by atoms with Crippen molar-refractivity contribution < 1.29 is 31.5 Å². The number of ether oxygens (including phenoxy) is 1. The molecule has 14 heteroatoms. The average Bonchev–Trinajstić information content (AvgIpc) is 3.20. The molecule has 3 aromatic rings. The van der Waals surface area contributed by atoms with Gasteiger partial charge in [-0.1, -0.05) is 29.3 Å². The highest BCUT2D eigenvalue weighted by Gasteiger charge is 2.41. The Kier molecular flexibility index (Phi) is 8.77. The Morgan fingerprint density at radius 2 is 1.87 bits per heavy atom. The van der Waals surface area contributed by atoms with Crippen molar-refractivity contribution in [3.05, 3.63) is 45.4 Å². The van der Waals surface area contributed by atoms with Crippen LogP contribution in [0.15, 0.2) is 24.3 Å². The molecule has 39 heavy (non-hydrogen) atoms. The molecule has 7 nitrogen and oxygen atoms in total. The predicted molar refractivity (Wildman–Crippen MR) is 139 cm³/mol. The number of rotatable bonds is 9. The summed E-state index contributed by atoms with van der Waals surface area (Å²) < 4.78 is 72.2. The number of nitrogens with two attached hydrogens (primary N) is 2. The second-order valence-corrected chi connectivity index (χ2v) is 10.2. The average molecular weight is 594 g/mol. The van der Waals surface area contributed by atoms with Crippen LogP contribution in [0.5, 0.6) is 5.75 Å². The third-order valence-corrected chi connectivity index (χ3v) is 7.60. The lowest BCUT2D eigenvalue weighted by Gasteiger charge is -2.30. The van der Waals surface area contributed by atoms with Gasteiger partial charge in [0.25, 0.3) is 12.3 Å². The topological polar surface area (TPSA) is 108 Å². The van der Waals surface area contributed by atoms with Gasteiger partial charge < -0.3 is 26.1 Å². The molecule has 1 fully saturated rings. The van der Waals surface area contributed by atoms with Gasteiger partial charge in [-0.05, 0) is 49.3 Å². The van der Waals surface area contributed by atoms with E-state index in [4.69, 9.17) is 39.4 Å². The summed E-state index contributed by atoms with van der Waals surface area (Å²) in [5.74, 6) is -2.33. The van der Waals surface area contributed by atoms with Crippen LogP contribution in [-0.4, -0.2) is 34.7 Å². The zero-order chi connectivity index (χ0) is 28.5. The fourth-order valence-electron chi connectivity index (χ4n) is 4.81. The van der Waals surface area contributed by atoms with Gasteiger partial charge in [-0.3, -0.25) is 4.79 Å². The first-order chi connectivity index (χ1) is 18.4. The summed E-state index contributed by atoms with van der Waals surface area (Å²) in [4.78, 5) is 16.6. The molecule has 0 aliphatic heterocycles. The van der Waals surface area contributed by atoms with E-state index in [-0.39, 0.29) is 64.7 Å². The molecule has 212 valence electrons. The zero-order valence-corrected chi connectivity index (χ0v) is 22.0. The molecule has 0 unspecified atom stereocenters. The summed E-state index contributed by atoms with van der Waals surface area (Å²) in [6.45, 7) is -0.584. The first-order valence-electron chi connectivity index (χ1n) is 12.1. The van der Waals surface area contributed by atoms with E-state index in [2.05, 4.69) is 10.3 Å². The van der Waals surface area contributed by atoms with Crippen LogP contribution in [0.25, 0.3) is 11.0 Å².